The Labute approximate surface area is 140 Å². The number of guanidine groups is 1. The van der Waals surface area contributed by atoms with Crippen molar-refractivity contribution in [3.05, 3.63) is 35.4 Å². The number of nitrogens with one attached hydrogen (secondary N) is 3. The summed E-state index contributed by atoms with van der Waals surface area (Å²) in [6.07, 6.45) is 1.04. The average Bonchev–Trinajstić information content (AvgIpc) is 2.57. The number of benzene rings is 1. The maximum atomic E-state index is 11.8. The van der Waals surface area contributed by atoms with Gasteiger partial charge in [-0.05, 0) is 38.3 Å². The van der Waals surface area contributed by atoms with Gasteiger partial charge in [-0.3, -0.25) is 9.79 Å². The molecule has 128 valence electrons. The van der Waals surface area contributed by atoms with Crippen LogP contribution in [0.5, 0.6) is 0 Å². The zero-order chi connectivity index (χ0) is 17.5. The van der Waals surface area contributed by atoms with Crippen LogP contribution in [0.1, 0.15) is 44.9 Å². The van der Waals surface area contributed by atoms with Crippen LogP contribution < -0.4 is 16.0 Å². The predicted molar refractivity (Wildman–Crippen MR) is 96.6 cm³/mol. The molecule has 0 aliphatic rings. The number of carbonyl (C=O) groups excluding carboxylic acids is 1. The molecule has 1 rings (SSSR count). The molecule has 0 bridgehead atoms. The largest absolute Gasteiger partial charge is 0.359 e. The molecule has 0 aliphatic carbocycles. The van der Waals surface area contributed by atoms with Crippen molar-refractivity contribution in [2.45, 2.75) is 40.2 Å². The molecule has 0 aliphatic heterocycles. The van der Waals surface area contributed by atoms with E-state index in [9.17, 15) is 4.79 Å². The van der Waals surface area contributed by atoms with Gasteiger partial charge >= 0.3 is 0 Å². The standard InChI is InChI=1S/C18H30N4O/c1-7-14-8-10-15(11-9-14)13(2)22-17(20-6)21-12-18(3,4)16(23)19-5/h8-11,13H,7,12H2,1-6H3,(H,19,23)(H2,20,21,22). The summed E-state index contributed by atoms with van der Waals surface area (Å²) in [6, 6.07) is 8.71. The van der Waals surface area contributed by atoms with Crippen molar-refractivity contribution >= 4 is 11.9 Å². The number of hydrogen-bond acceptors (Lipinski definition) is 2. The number of nitrogens with zero attached hydrogens (tertiary/aromatic N) is 1. The Hall–Kier alpha value is -2.04. The van der Waals surface area contributed by atoms with Crippen LogP contribution in [0.25, 0.3) is 0 Å². The van der Waals surface area contributed by atoms with Gasteiger partial charge in [0.2, 0.25) is 5.91 Å². The molecule has 0 radical (unpaired) electrons. The van der Waals surface area contributed by atoms with Gasteiger partial charge < -0.3 is 16.0 Å². The van der Waals surface area contributed by atoms with Crippen LogP contribution in [-0.2, 0) is 11.2 Å². The highest BCUT2D eigenvalue weighted by Gasteiger charge is 2.26. The highest BCUT2D eigenvalue weighted by Crippen LogP contribution is 2.15. The van der Waals surface area contributed by atoms with Crippen LogP contribution in [0, 0.1) is 5.41 Å². The number of aliphatic imine (C=N–C) groups is 1. The second kappa shape index (κ2) is 8.56. The number of amides is 1. The summed E-state index contributed by atoms with van der Waals surface area (Å²) in [6.45, 7) is 8.56. The molecule has 1 aromatic rings. The number of rotatable bonds is 6. The smallest absolute Gasteiger partial charge is 0.227 e. The lowest BCUT2D eigenvalue weighted by Gasteiger charge is -2.25. The van der Waals surface area contributed by atoms with Gasteiger partial charge in [-0.25, -0.2) is 0 Å². The molecule has 1 atom stereocenters. The van der Waals surface area contributed by atoms with E-state index in [2.05, 4.69) is 59.1 Å². The SMILES string of the molecule is CCc1ccc(C(C)NC(=NC)NCC(C)(C)C(=O)NC)cc1. The number of hydrogen-bond donors (Lipinski definition) is 3. The third-order valence-electron chi connectivity index (χ3n) is 4.00. The Morgan fingerprint density at radius 1 is 1.26 bits per heavy atom. The summed E-state index contributed by atoms with van der Waals surface area (Å²) in [4.78, 5) is 16.1. The molecule has 0 heterocycles. The minimum atomic E-state index is -0.502. The first-order chi connectivity index (χ1) is 10.8. The van der Waals surface area contributed by atoms with Crippen molar-refractivity contribution in [3.63, 3.8) is 0 Å². The highest BCUT2D eigenvalue weighted by molar-refractivity contribution is 5.84. The van der Waals surface area contributed by atoms with E-state index in [-0.39, 0.29) is 11.9 Å². The Kier molecular flexibility index (Phi) is 7.07. The summed E-state index contributed by atoms with van der Waals surface area (Å²) in [5.74, 6) is 0.692. The van der Waals surface area contributed by atoms with E-state index < -0.39 is 5.41 Å². The van der Waals surface area contributed by atoms with Crippen LogP contribution in [0.4, 0.5) is 0 Å². The zero-order valence-corrected chi connectivity index (χ0v) is 15.2. The first-order valence-electron chi connectivity index (χ1n) is 8.12. The molecule has 1 amide bonds. The topological polar surface area (TPSA) is 65.5 Å². The Morgan fingerprint density at radius 3 is 2.35 bits per heavy atom. The van der Waals surface area contributed by atoms with Gasteiger partial charge in [0.05, 0.1) is 11.5 Å². The highest BCUT2D eigenvalue weighted by atomic mass is 16.2. The molecule has 5 nitrogen and oxygen atoms in total. The predicted octanol–water partition coefficient (Wildman–Crippen LogP) is 2.25. The normalized spacial score (nSPS) is 13.4. The van der Waals surface area contributed by atoms with Crippen molar-refractivity contribution in [2.75, 3.05) is 20.6 Å². The van der Waals surface area contributed by atoms with Gasteiger partial charge in [-0.2, -0.15) is 0 Å². The number of aryl methyl sites for hydroxylation is 1. The van der Waals surface area contributed by atoms with E-state index in [0.29, 0.717) is 12.5 Å². The zero-order valence-electron chi connectivity index (χ0n) is 15.2. The first-order valence-corrected chi connectivity index (χ1v) is 8.12. The fourth-order valence-electron chi connectivity index (χ4n) is 2.25. The van der Waals surface area contributed by atoms with Crippen LogP contribution in [0.3, 0.4) is 0 Å². The second-order valence-corrected chi connectivity index (χ2v) is 6.35. The summed E-state index contributed by atoms with van der Waals surface area (Å²) in [5, 5.41) is 9.27. The van der Waals surface area contributed by atoms with Gasteiger partial charge in [0.15, 0.2) is 5.96 Å². The quantitative estimate of drug-likeness (QED) is 0.557. The first kappa shape index (κ1) is 19.0. The fraction of sp³-hybridized carbons (Fsp3) is 0.556. The summed E-state index contributed by atoms with van der Waals surface area (Å²) in [5.41, 5.74) is 2.03. The Morgan fingerprint density at radius 2 is 1.87 bits per heavy atom. The lowest BCUT2D eigenvalue weighted by atomic mass is 9.92. The molecule has 0 saturated carbocycles. The minimum absolute atomic E-state index is 0.00339. The maximum Gasteiger partial charge on any atom is 0.227 e. The van der Waals surface area contributed by atoms with Crippen molar-refractivity contribution in [1.82, 2.24) is 16.0 Å². The van der Waals surface area contributed by atoms with Gasteiger partial charge in [-0.1, -0.05) is 31.2 Å². The van der Waals surface area contributed by atoms with Crippen molar-refractivity contribution in [1.29, 1.82) is 0 Å². The van der Waals surface area contributed by atoms with Crippen LogP contribution >= 0.6 is 0 Å². The lowest BCUT2D eigenvalue weighted by molar-refractivity contribution is -0.128. The third kappa shape index (κ3) is 5.58. The fourth-order valence-corrected chi connectivity index (χ4v) is 2.25. The molecule has 1 aromatic carbocycles. The van der Waals surface area contributed by atoms with Crippen LogP contribution in [0.2, 0.25) is 0 Å². The van der Waals surface area contributed by atoms with Crippen molar-refractivity contribution < 1.29 is 4.79 Å². The van der Waals surface area contributed by atoms with Crippen LogP contribution in [-0.4, -0.2) is 32.5 Å². The molecule has 0 saturated heterocycles. The van der Waals surface area contributed by atoms with E-state index in [1.165, 1.54) is 11.1 Å². The molecule has 0 fully saturated rings. The average molecular weight is 318 g/mol. The van der Waals surface area contributed by atoms with E-state index in [4.69, 9.17) is 0 Å². The molecule has 0 aromatic heterocycles. The molecular formula is C18H30N4O. The van der Waals surface area contributed by atoms with Crippen LogP contribution in [0.15, 0.2) is 29.3 Å². The second-order valence-electron chi connectivity index (χ2n) is 6.35. The molecule has 5 heteroatoms. The molecule has 3 N–H and O–H groups in total. The summed E-state index contributed by atoms with van der Waals surface area (Å²) < 4.78 is 0. The minimum Gasteiger partial charge on any atom is -0.359 e. The molecular weight excluding hydrogens is 288 g/mol. The van der Waals surface area contributed by atoms with Gasteiger partial charge in [0, 0.05) is 20.6 Å². The number of carbonyl (C=O) groups is 1. The van der Waals surface area contributed by atoms with E-state index >= 15 is 0 Å². The van der Waals surface area contributed by atoms with E-state index in [1.807, 2.05) is 13.8 Å². The van der Waals surface area contributed by atoms with Gasteiger partial charge in [-0.15, -0.1) is 0 Å². The van der Waals surface area contributed by atoms with Gasteiger partial charge in [0.25, 0.3) is 0 Å². The molecule has 1 unspecified atom stereocenters. The maximum absolute atomic E-state index is 11.8. The molecule has 23 heavy (non-hydrogen) atoms. The monoisotopic (exact) mass is 318 g/mol. The van der Waals surface area contributed by atoms with E-state index in [1.54, 1.807) is 14.1 Å². The van der Waals surface area contributed by atoms with Crippen molar-refractivity contribution in [3.8, 4) is 0 Å². The Balaban J connectivity index is 2.63. The lowest BCUT2D eigenvalue weighted by Crippen LogP contribution is -2.47. The van der Waals surface area contributed by atoms with Crippen molar-refractivity contribution in [2.24, 2.45) is 10.4 Å². The summed E-state index contributed by atoms with van der Waals surface area (Å²) in [7, 11) is 3.38. The summed E-state index contributed by atoms with van der Waals surface area (Å²) >= 11 is 0. The van der Waals surface area contributed by atoms with E-state index in [0.717, 1.165) is 6.42 Å². The molecule has 0 spiro atoms. The van der Waals surface area contributed by atoms with Gasteiger partial charge in [0.1, 0.15) is 0 Å². The third-order valence-corrected chi connectivity index (χ3v) is 4.00. The Bertz CT molecular complexity index is 534.